The van der Waals surface area contributed by atoms with Crippen LogP contribution in [-0.4, -0.2) is 24.4 Å². The maximum atomic E-state index is 15.4. The molecule has 1 aliphatic rings. The molecule has 6 nitrogen and oxygen atoms in total. The van der Waals surface area contributed by atoms with E-state index in [0.717, 1.165) is 29.7 Å². The highest BCUT2D eigenvalue weighted by molar-refractivity contribution is 5.68. The minimum absolute atomic E-state index is 0.0120. The van der Waals surface area contributed by atoms with Crippen molar-refractivity contribution in [3.8, 4) is 34.0 Å². The molecule has 0 saturated heterocycles. The molecule has 1 N–H and O–H groups in total. The summed E-state index contributed by atoms with van der Waals surface area (Å²) >= 11 is 0. The second-order valence-corrected chi connectivity index (χ2v) is 10.8. The Morgan fingerprint density at radius 2 is 1.71 bits per heavy atom. The number of rotatable bonds is 8. The minimum Gasteiger partial charge on any atom is -0.507 e. The van der Waals surface area contributed by atoms with Crippen LogP contribution in [0.2, 0.25) is 0 Å². The van der Waals surface area contributed by atoms with Crippen molar-refractivity contribution in [3.05, 3.63) is 117 Å². The molecule has 0 spiro atoms. The average Bonchev–Trinajstić information content (AvgIpc) is 3.72. The van der Waals surface area contributed by atoms with Crippen molar-refractivity contribution in [2.24, 2.45) is 0 Å². The molecule has 0 unspecified atom stereocenters. The Bertz CT molecular complexity index is 1850. The van der Waals surface area contributed by atoms with Gasteiger partial charge in [0.1, 0.15) is 17.3 Å². The molecule has 0 bridgehead atoms. The minimum atomic E-state index is -0.651. The van der Waals surface area contributed by atoms with Crippen molar-refractivity contribution in [2.75, 3.05) is 0 Å². The Kier molecular flexibility index (Phi) is 7.22. The summed E-state index contributed by atoms with van der Waals surface area (Å²) < 4.78 is 33.0. The van der Waals surface area contributed by atoms with Crippen LogP contribution >= 0.6 is 0 Å². The van der Waals surface area contributed by atoms with Gasteiger partial charge in [0.15, 0.2) is 0 Å². The number of halogens is 2. The van der Waals surface area contributed by atoms with Gasteiger partial charge in [-0.2, -0.15) is 9.49 Å². The van der Waals surface area contributed by atoms with Gasteiger partial charge in [-0.25, -0.2) is 9.37 Å². The van der Waals surface area contributed by atoms with Crippen molar-refractivity contribution < 1.29 is 13.9 Å². The fraction of sp³-hybridized carbons (Fsp3) is 0.265. The van der Waals surface area contributed by atoms with Crippen LogP contribution < -0.4 is 5.56 Å². The van der Waals surface area contributed by atoms with Crippen molar-refractivity contribution in [1.29, 1.82) is 0 Å². The molecule has 214 valence electrons. The van der Waals surface area contributed by atoms with Crippen molar-refractivity contribution >= 4 is 0 Å². The normalized spacial score (nSPS) is 13.1. The van der Waals surface area contributed by atoms with Gasteiger partial charge < -0.3 is 5.11 Å². The zero-order valence-electron chi connectivity index (χ0n) is 23.9. The van der Waals surface area contributed by atoms with Crippen LogP contribution in [-0.2, 0) is 19.3 Å². The molecule has 1 saturated carbocycles. The largest absolute Gasteiger partial charge is 0.507 e. The molecule has 0 radical (unpaired) electrons. The van der Waals surface area contributed by atoms with E-state index in [0.29, 0.717) is 41.4 Å². The highest BCUT2D eigenvalue weighted by Gasteiger charge is 2.26. The van der Waals surface area contributed by atoms with Crippen molar-refractivity contribution in [3.63, 3.8) is 0 Å². The number of hydrogen-bond donors (Lipinski definition) is 1. The molecule has 0 amide bonds. The van der Waals surface area contributed by atoms with Gasteiger partial charge in [0, 0.05) is 36.0 Å². The molecule has 3 heterocycles. The van der Waals surface area contributed by atoms with Gasteiger partial charge >= 0.3 is 0 Å². The van der Waals surface area contributed by atoms with E-state index in [4.69, 9.17) is 5.10 Å². The Morgan fingerprint density at radius 1 is 0.976 bits per heavy atom. The molecular formula is C34H32F2N4O2. The summed E-state index contributed by atoms with van der Waals surface area (Å²) in [4.78, 5) is 18.0. The molecule has 5 aromatic rings. The second-order valence-electron chi connectivity index (χ2n) is 10.8. The molecule has 1 aliphatic carbocycles. The zero-order valence-corrected chi connectivity index (χ0v) is 23.9. The maximum Gasteiger partial charge on any atom is 0.262 e. The number of aromatic nitrogens is 4. The Balaban J connectivity index is 1.49. The van der Waals surface area contributed by atoms with Crippen LogP contribution in [0.4, 0.5) is 8.78 Å². The SMILES string of the molecule is CCc1cccc(CC)c1-n1c(-c2ccn(C3CC3)n2)cc(O)c(Cc2ccc(-c3ccnc(F)c3C)c(F)c2)c1=O. The second kappa shape index (κ2) is 11.0. The number of benzene rings is 2. The smallest absolute Gasteiger partial charge is 0.262 e. The average molecular weight is 567 g/mol. The summed E-state index contributed by atoms with van der Waals surface area (Å²) in [5.74, 6) is -1.37. The Hall–Kier alpha value is -4.59. The van der Waals surface area contributed by atoms with Gasteiger partial charge in [-0.05, 0) is 73.1 Å². The fourth-order valence-corrected chi connectivity index (χ4v) is 5.62. The number of para-hydroxylation sites is 1. The van der Waals surface area contributed by atoms with Crippen LogP contribution in [0.5, 0.6) is 5.75 Å². The van der Waals surface area contributed by atoms with Crippen LogP contribution in [0, 0.1) is 18.7 Å². The third kappa shape index (κ3) is 4.91. The van der Waals surface area contributed by atoms with E-state index in [1.807, 2.05) is 49.0 Å². The predicted molar refractivity (Wildman–Crippen MR) is 159 cm³/mol. The number of pyridine rings is 2. The lowest BCUT2D eigenvalue weighted by atomic mass is 9.97. The van der Waals surface area contributed by atoms with E-state index in [9.17, 15) is 14.3 Å². The Labute approximate surface area is 242 Å². The molecule has 6 rings (SSSR count). The van der Waals surface area contributed by atoms with Gasteiger partial charge in [-0.15, -0.1) is 0 Å². The summed E-state index contributed by atoms with van der Waals surface area (Å²) in [7, 11) is 0. The van der Waals surface area contributed by atoms with Crippen LogP contribution in [0.15, 0.2) is 71.8 Å². The quantitative estimate of drug-likeness (QED) is 0.203. The van der Waals surface area contributed by atoms with Crippen LogP contribution in [0.1, 0.15) is 60.5 Å². The van der Waals surface area contributed by atoms with E-state index >= 15 is 4.39 Å². The Morgan fingerprint density at radius 3 is 2.38 bits per heavy atom. The van der Waals surface area contributed by atoms with E-state index in [1.165, 1.54) is 12.3 Å². The first-order valence-corrected chi connectivity index (χ1v) is 14.3. The summed E-state index contributed by atoms with van der Waals surface area (Å²) in [5, 5.41) is 16.0. The monoisotopic (exact) mass is 566 g/mol. The molecule has 0 aliphatic heterocycles. The standard InChI is InChI=1S/C34H32F2N4O2/c1-4-22-7-6-8-23(5-2)32(22)40-30(29-14-16-39(38-29)24-10-11-24)19-31(41)27(34(40)42)17-21-9-12-26(28(35)18-21)25-13-15-37-33(36)20(25)3/h6-9,12-16,18-19,24,41H,4-5,10-11,17H2,1-3H3. The summed E-state index contributed by atoms with van der Waals surface area (Å²) in [6.07, 6.45) is 6.80. The van der Waals surface area contributed by atoms with E-state index in [-0.39, 0.29) is 34.4 Å². The van der Waals surface area contributed by atoms with Crippen molar-refractivity contribution in [2.45, 2.75) is 58.9 Å². The van der Waals surface area contributed by atoms with Gasteiger partial charge in [-0.3, -0.25) is 14.0 Å². The zero-order chi connectivity index (χ0) is 29.5. The molecule has 42 heavy (non-hydrogen) atoms. The third-order valence-corrected chi connectivity index (χ3v) is 8.11. The molecule has 2 aromatic carbocycles. The fourth-order valence-electron chi connectivity index (χ4n) is 5.62. The molecular weight excluding hydrogens is 534 g/mol. The summed E-state index contributed by atoms with van der Waals surface area (Å²) in [6.45, 7) is 5.65. The number of aryl methyl sites for hydroxylation is 2. The van der Waals surface area contributed by atoms with Crippen LogP contribution in [0.25, 0.3) is 28.2 Å². The highest BCUT2D eigenvalue weighted by atomic mass is 19.1. The first kappa shape index (κ1) is 27.6. The lowest BCUT2D eigenvalue weighted by Gasteiger charge is -2.20. The number of nitrogens with zero attached hydrogens (tertiary/aromatic N) is 4. The van der Waals surface area contributed by atoms with Crippen LogP contribution in [0.3, 0.4) is 0 Å². The first-order valence-electron chi connectivity index (χ1n) is 14.3. The van der Waals surface area contributed by atoms with Gasteiger partial charge in [-0.1, -0.05) is 44.2 Å². The van der Waals surface area contributed by atoms with Gasteiger partial charge in [0.05, 0.1) is 23.0 Å². The van der Waals surface area contributed by atoms with E-state index < -0.39 is 11.8 Å². The van der Waals surface area contributed by atoms with Gasteiger partial charge in [0.2, 0.25) is 5.95 Å². The molecule has 3 aromatic heterocycles. The molecule has 8 heteroatoms. The highest BCUT2D eigenvalue weighted by Crippen LogP contribution is 2.36. The van der Waals surface area contributed by atoms with E-state index in [1.54, 1.807) is 35.8 Å². The predicted octanol–water partition coefficient (Wildman–Crippen LogP) is 7.11. The number of aromatic hydroxyl groups is 1. The molecule has 0 atom stereocenters. The molecule has 1 fully saturated rings. The lowest BCUT2D eigenvalue weighted by molar-refractivity contribution is 0.466. The summed E-state index contributed by atoms with van der Waals surface area (Å²) in [5.41, 5.74) is 5.11. The lowest BCUT2D eigenvalue weighted by Crippen LogP contribution is -2.26. The van der Waals surface area contributed by atoms with Gasteiger partial charge in [0.25, 0.3) is 5.56 Å². The number of hydrogen-bond acceptors (Lipinski definition) is 4. The third-order valence-electron chi connectivity index (χ3n) is 8.11. The van der Waals surface area contributed by atoms with Crippen molar-refractivity contribution in [1.82, 2.24) is 19.3 Å². The first-order chi connectivity index (χ1) is 20.3. The topological polar surface area (TPSA) is 72.9 Å². The summed E-state index contributed by atoms with van der Waals surface area (Å²) in [6, 6.07) is 16.0. The van der Waals surface area contributed by atoms with E-state index in [2.05, 4.69) is 4.98 Å². The maximum absolute atomic E-state index is 15.4.